The van der Waals surface area contributed by atoms with Crippen LogP contribution in [0, 0.1) is 12.3 Å². The monoisotopic (exact) mass is 251 g/mol. The molecule has 0 fully saturated rings. The van der Waals surface area contributed by atoms with Crippen LogP contribution in [0.2, 0.25) is 0 Å². The molecule has 16 heavy (non-hydrogen) atoms. The van der Waals surface area contributed by atoms with Crippen LogP contribution in [0.5, 0.6) is 0 Å². The number of rotatable bonds is 2. The van der Waals surface area contributed by atoms with Gasteiger partial charge in [-0.1, -0.05) is 20.8 Å². The second-order valence-corrected chi connectivity index (χ2v) is 7.15. The van der Waals surface area contributed by atoms with Crippen LogP contribution in [0.4, 0.5) is 0 Å². The molecule has 0 aliphatic carbocycles. The van der Waals surface area contributed by atoms with Crippen molar-refractivity contribution in [3.8, 4) is 10.6 Å². The summed E-state index contributed by atoms with van der Waals surface area (Å²) >= 11 is 3.57. The Morgan fingerprint density at radius 1 is 1.25 bits per heavy atom. The van der Waals surface area contributed by atoms with Crippen molar-refractivity contribution in [1.82, 2.24) is 4.98 Å². The van der Waals surface area contributed by atoms with Crippen molar-refractivity contribution < 1.29 is 0 Å². The van der Waals surface area contributed by atoms with Crippen molar-refractivity contribution >= 4 is 22.7 Å². The van der Waals surface area contributed by atoms with E-state index in [0.29, 0.717) is 5.41 Å². The highest BCUT2D eigenvalue weighted by Crippen LogP contribution is 2.35. The predicted octanol–water partition coefficient (Wildman–Crippen LogP) is 4.77. The number of thiophene rings is 1. The smallest absolute Gasteiger partial charge is 0.0945 e. The molecule has 0 radical (unpaired) electrons. The third kappa shape index (κ3) is 2.53. The molecule has 0 saturated heterocycles. The number of aryl methyl sites for hydroxylation is 1. The molecule has 0 unspecified atom stereocenters. The van der Waals surface area contributed by atoms with Gasteiger partial charge in [0.25, 0.3) is 0 Å². The Hall–Kier alpha value is -0.670. The molecular formula is C13H17NS2. The lowest BCUT2D eigenvalue weighted by molar-refractivity contribution is 0.415. The van der Waals surface area contributed by atoms with Gasteiger partial charge in [0, 0.05) is 4.88 Å². The van der Waals surface area contributed by atoms with Gasteiger partial charge in [0.1, 0.15) is 0 Å². The molecule has 2 rings (SSSR count). The third-order valence-electron chi connectivity index (χ3n) is 2.41. The fourth-order valence-corrected chi connectivity index (χ4v) is 3.76. The quantitative estimate of drug-likeness (QED) is 0.749. The highest BCUT2D eigenvalue weighted by Gasteiger charge is 2.18. The molecule has 2 heterocycles. The summed E-state index contributed by atoms with van der Waals surface area (Å²) in [6, 6.07) is 2.17. The van der Waals surface area contributed by atoms with Crippen molar-refractivity contribution in [3.05, 3.63) is 27.4 Å². The Bertz CT molecular complexity index is 474. The summed E-state index contributed by atoms with van der Waals surface area (Å²) in [6.45, 7) is 8.99. The van der Waals surface area contributed by atoms with Gasteiger partial charge in [0.2, 0.25) is 0 Å². The summed E-state index contributed by atoms with van der Waals surface area (Å²) in [7, 11) is 0. The Morgan fingerprint density at radius 2 is 2.00 bits per heavy atom. The minimum atomic E-state index is 0.326. The molecule has 2 aromatic heterocycles. The summed E-state index contributed by atoms with van der Waals surface area (Å²) < 4.78 is 0. The number of hydrogen-bond acceptors (Lipinski definition) is 3. The summed E-state index contributed by atoms with van der Waals surface area (Å²) in [5.41, 5.74) is 4.83. The molecule has 0 N–H and O–H groups in total. The van der Waals surface area contributed by atoms with Crippen LogP contribution in [0.25, 0.3) is 10.6 Å². The maximum Gasteiger partial charge on any atom is 0.0945 e. The van der Waals surface area contributed by atoms with Crippen molar-refractivity contribution in [3.63, 3.8) is 0 Å². The highest BCUT2D eigenvalue weighted by atomic mass is 32.1. The van der Waals surface area contributed by atoms with E-state index in [0.717, 1.165) is 6.42 Å². The number of nitrogens with zero attached hydrogens (tertiary/aromatic N) is 1. The zero-order valence-electron chi connectivity index (χ0n) is 10.2. The maximum atomic E-state index is 4.53. The summed E-state index contributed by atoms with van der Waals surface area (Å²) in [5.74, 6) is 0. The molecule has 0 aliphatic heterocycles. The van der Waals surface area contributed by atoms with E-state index in [1.165, 1.54) is 21.0 Å². The van der Waals surface area contributed by atoms with Gasteiger partial charge in [-0.05, 0) is 35.8 Å². The molecule has 0 aromatic carbocycles. The van der Waals surface area contributed by atoms with Gasteiger partial charge in [-0.3, -0.25) is 0 Å². The summed E-state index contributed by atoms with van der Waals surface area (Å²) in [5, 5.41) is 2.14. The molecule has 86 valence electrons. The first-order valence-electron chi connectivity index (χ1n) is 5.44. The fraction of sp³-hybridized carbons (Fsp3) is 0.462. The normalized spacial score (nSPS) is 12.0. The molecule has 0 aliphatic rings. The second-order valence-electron chi connectivity index (χ2n) is 5.29. The topological polar surface area (TPSA) is 12.9 Å². The zero-order valence-corrected chi connectivity index (χ0v) is 11.8. The lowest BCUT2D eigenvalue weighted by Crippen LogP contribution is -2.08. The minimum absolute atomic E-state index is 0.326. The molecule has 0 amide bonds. The largest absolute Gasteiger partial charge is 0.244 e. The van der Waals surface area contributed by atoms with Gasteiger partial charge in [0.05, 0.1) is 16.1 Å². The molecule has 1 nitrogen and oxygen atoms in total. The van der Waals surface area contributed by atoms with E-state index in [1.54, 1.807) is 22.7 Å². The minimum Gasteiger partial charge on any atom is -0.244 e. The predicted molar refractivity (Wildman–Crippen MR) is 73.3 cm³/mol. The van der Waals surface area contributed by atoms with E-state index in [9.17, 15) is 0 Å². The van der Waals surface area contributed by atoms with Crippen LogP contribution in [-0.2, 0) is 6.42 Å². The van der Waals surface area contributed by atoms with E-state index in [1.807, 2.05) is 5.51 Å². The Kier molecular flexibility index (Phi) is 3.17. The Morgan fingerprint density at radius 3 is 2.56 bits per heavy atom. The van der Waals surface area contributed by atoms with Gasteiger partial charge in [-0.2, -0.15) is 0 Å². The van der Waals surface area contributed by atoms with Crippen LogP contribution in [-0.4, -0.2) is 4.98 Å². The summed E-state index contributed by atoms with van der Waals surface area (Å²) in [4.78, 5) is 7.28. The van der Waals surface area contributed by atoms with Crippen LogP contribution in [0.1, 0.15) is 31.2 Å². The van der Waals surface area contributed by atoms with Crippen molar-refractivity contribution in [1.29, 1.82) is 0 Å². The molecular weight excluding hydrogens is 234 g/mol. The van der Waals surface area contributed by atoms with Crippen molar-refractivity contribution in [2.24, 2.45) is 5.41 Å². The first-order chi connectivity index (χ1) is 7.47. The van der Waals surface area contributed by atoms with Gasteiger partial charge < -0.3 is 0 Å². The molecule has 0 atom stereocenters. The van der Waals surface area contributed by atoms with Gasteiger partial charge in [-0.25, -0.2) is 4.98 Å². The summed E-state index contributed by atoms with van der Waals surface area (Å²) in [6.07, 6.45) is 1.10. The van der Waals surface area contributed by atoms with Gasteiger partial charge >= 0.3 is 0 Å². The van der Waals surface area contributed by atoms with Crippen molar-refractivity contribution in [2.75, 3.05) is 0 Å². The Labute approximate surface area is 105 Å². The zero-order chi connectivity index (χ0) is 11.8. The number of hydrogen-bond donors (Lipinski definition) is 0. The first-order valence-corrected chi connectivity index (χ1v) is 7.20. The second kappa shape index (κ2) is 4.30. The molecule has 0 bridgehead atoms. The SMILES string of the molecule is Cc1ccsc1-c1ncsc1CC(C)(C)C. The van der Waals surface area contributed by atoms with E-state index < -0.39 is 0 Å². The van der Waals surface area contributed by atoms with Crippen LogP contribution in [0.3, 0.4) is 0 Å². The third-order valence-corrected chi connectivity index (χ3v) is 4.27. The average molecular weight is 251 g/mol. The van der Waals surface area contributed by atoms with E-state index >= 15 is 0 Å². The average Bonchev–Trinajstić information content (AvgIpc) is 2.71. The number of aromatic nitrogens is 1. The van der Waals surface area contributed by atoms with Gasteiger partial charge in [0.15, 0.2) is 0 Å². The lowest BCUT2D eigenvalue weighted by atomic mass is 9.91. The molecule has 2 aromatic rings. The molecule has 0 spiro atoms. The van der Waals surface area contributed by atoms with E-state index in [2.05, 4.69) is 44.1 Å². The van der Waals surface area contributed by atoms with Crippen LogP contribution in [0.15, 0.2) is 17.0 Å². The lowest BCUT2D eigenvalue weighted by Gasteiger charge is -2.17. The van der Waals surface area contributed by atoms with E-state index in [4.69, 9.17) is 0 Å². The number of thiazole rings is 1. The molecule has 3 heteroatoms. The van der Waals surface area contributed by atoms with Crippen molar-refractivity contribution in [2.45, 2.75) is 34.1 Å². The van der Waals surface area contributed by atoms with Gasteiger partial charge in [-0.15, -0.1) is 22.7 Å². The fourth-order valence-electron chi connectivity index (χ4n) is 1.68. The Balaban J connectivity index is 2.37. The maximum absolute atomic E-state index is 4.53. The van der Waals surface area contributed by atoms with Crippen LogP contribution >= 0.6 is 22.7 Å². The molecule has 0 saturated carbocycles. The van der Waals surface area contributed by atoms with E-state index in [-0.39, 0.29) is 0 Å². The first kappa shape index (κ1) is 11.8. The van der Waals surface area contributed by atoms with Crippen LogP contribution < -0.4 is 0 Å². The standard InChI is InChI=1S/C13H17NS2/c1-9-5-6-15-12(9)11-10(16-8-14-11)7-13(2,3)4/h5-6,8H,7H2,1-4H3. The highest BCUT2D eigenvalue weighted by molar-refractivity contribution is 7.14.